The minimum Gasteiger partial charge on any atom is -0.493 e. The summed E-state index contributed by atoms with van der Waals surface area (Å²) in [5.74, 6) is 0.929. The molecule has 0 fully saturated rings. The molecule has 0 amide bonds. The van der Waals surface area contributed by atoms with Crippen molar-refractivity contribution in [3.05, 3.63) is 60.4 Å². The number of pyridine rings is 2. The van der Waals surface area contributed by atoms with Gasteiger partial charge in [0, 0.05) is 35.6 Å². The van der Waals surface area contributed by atoms with E-state index in [0.717, 1.165) is 29.8 Å². The minimum atomic E-state index is 0.203. The number of nitrogens with zero attached hydrogens (tertiary/aromatic N) is 4. The zero-order valence-corrected chi connectivity index (χ0v) is 16.1. The smallest absolute Gasteiger partial charge is 0.142 e. The van der Waals surface area contributed by atoms with Crippen molar-refractivity contribution in [2.75, 3.05) is 33.0 Å². The van der Waals surface area contributed by atoms with Crippen LogP contribution in [0, 0.1) is 11.3 Å². The van der Waals surface area contributed by atoms with Crippen LogP contribution in [-0.4, -0.2) is 42.1 Å². The number of hydrogen-bond donors (Lipinski definition) is 1. The van der Waals surface area contributed by atoms with Gasteiger partial charge in [0.05, 0.1) is 12.3 Å². The molecule has 0 saturated carbocycles. The second-order valence-corrected chi connectivity index (χ2v) is 6.66. The SMILES string of the molecule is CN(C)CCCOc1ccccc1-c1cc(-c2ccncc2)nc(N)c1C#N. The van der Waals surface area contributed by atoms with Crippen LogP contribution in [0.25, 0.3) is 22.4 Å². The normalized spacial score (nSPS) is 10.6. The van der Waals surface area contributed by atoms with Gasteiger partial charge in [-0.25, -0.2) is 4.98 Å². The summed E-state index contributed by atoms with van der Waals surface area (Å²) in [7, 11) is 4.07. The van der Waals surface area contributed by atoms with Crippen LogP contribution in [0.3, 0.4) is 0 Å². The van der Waals surface area contributed by atoms with Gasteiger partial charge in [-0.2, -0.15) is 5.26 Å². The average Bonchev–Trinajstić information content (AvgIpc) is 2.71. The summed E-state index contributed by atoms with van der Waals surface area (Å²) in [6.45, 7) is 1.54. The Balaban J connectivity index is 2.01. The van der Waals surface area contributed by atoms with Crippen molar-refractivity contribution in [2.45, 2.75) is 6.42 Å². The van der Waals surface area contributed by atoms with Crippen LogP contribution in [0.1, 0.15) is 12.0 Å². The van der Waals surface area contributed by atoms with Crippen molar-refractivity contribution in [2.24, 2.45) is 0 Å². The second kappa shape index (κ2) is 8.98. The number of hydrogen-bond acceptors (Lipinski definition) is 6. The molecule has 3 aromatic rings. The molecule has 6 heteroatoms. The van der Waals surface area contributed by atoms with Crippen molar-refractivity contribution < 1.29 is 4.74 Å². The van der Waals surface area contributed by atoms with E-state index in [1.165, 1.54) is 0 Å². The van der Waals surface area contributed by atoms with Gasteiger partial charge in [-0.05, 0) is 44.8 Å². The molecule has 2 aromatic heterocycles. The standard InChI is InChI=1S/C22H23N5O/c1-27(2)12-5-13-28-21-7-4-3-6-17(21)18-14-20(16-8-10-25-11-9-16)26-22(24)19(18)15-23/h3-4,6-11,14H,5,12-13H2,1-2H3,(H2,24,26). The first kappa shape index (κ1) is 19.3. The highest BCUT2D eigenvalue weighted by Gasteiger charge is 2.16. The Kier molecular flexibility index (Phi) is 6.20. The van der Waals surface area contributed by atoms with Crippen molar-refractivity contribution in [1.29, 1.82) is 5.26 Å². The highest BCUT2D eigenvalue weighted by atomic mass is 16.5. The fraction of sp³-hybridized carbons (Fsp3) is 0.227. The van der Waals surface area contributed by atoms with Crippen molar-refractivity contribution in [3.63, 3.8) is 0 Å². The third kappa shape index (κ3) is 4.45. The molecule has 6 nitrogen and oxygen atoms in total. The summed E-state index contributed by atoms with van der Waals surface area (Å²) >= 11 is 0. The van der Waals surface area contributed by atoms with Gasteiger partial charge in [0.2, 0.25) is 0 Å². The van der Waals surface area contributed by atoms with Gasteiger partial charge in [-0.15, -0.1) is 0 Å². The molecule has 142 valence electrons. The maximum absolute atomic E-state index is 9.66. The van der Waals surface area contributed by atoms with Crippen molar-refractivity contribution >= 4 is 5.82 Å². The lowest BCUT2D eigenvalue weighted by molar-refractivity contribution is 0.282. The lowest BCUT2D eigenvalue weighted by Crippen LogP contribution is -2.15. The molecule has 0 aliphatic heterocycles. The van der Waals surface area contributed by atoms with Gasteiger partial charge in [0.15, 0.2) is 0 Å². The van der Waals surface area contributed by atoms with Gasteiger partial charge < -0.3 is 15.4 Å². The minimum absolute atomic E-state index is 0.203. The van der Waals surface area contributed by atoms with Gasteiger partial charge in [0.1, 0.15) is 23.2 Å². The first-order valence-electron chi connectivity index (χ1n) is 9.08. The van der Waals surface area contributed by atoms with E-state index in [-0.39, 0.29) is 5.82 Å². The first-order chi connectivity index (χ1) is 13.6. The van der Waals surface area contributed by atoms with Crippen LogP contribution in [0.4, 0.5) is 5.82 Å². The lowest BCUT2D eigenvalue weighted by atomic mass is 9.98. The predicted octanol–water partition coefficient (Wildman–Crippen LogP) is 3.59. The Morgan fingerprint density at radius 3 is 2.57 bits per heavy atom. The van der Waals surface area contributed by atoms with E-state index in [2.05, 4.69) is 20.9 Å². The highest BCUT2D eigenvalue weighted by molar-refractivity contribution is 5.82. The molecule has 2 heterocycles. The molecule has 0 aliphatic carbocycles. The fourth-order valence-corrected chi connectivity index (χ4v) is 2.94. The van der Waals surface area contributed by atoms with Crippen LogP contribution in [0.5, 0.6) is 5.75 Å². The van der Waals surface area contributed by atoms with E-state index < -0.39 is 0 Å². The molecule has 0 saturated heterocycles. The first-order valence-corrected chi connectivity index (χ1v) is 9.08. The lowest BCUT2D eigenvalue weighted by Gasteiger charge is -2.15. The van der Waals surface area contributed by atoms with Crippen LogP contribution in [-0.2, 0) is 0 Å². The van der Waals surface area contributed by atoms with Gasteiger partial charge in [-0.3, -0.25) is 4.98 Å². The van der Waals surface area contributed by atoms with E-state index >= 15 is 0 Å². The topological polar surface area (TPSA) is 88.1 Å². The van der Waals surface area contributed by atoms with E-state index in [1.807, 2.05) is 56.6 Å². The second-order valence-electron chi connectivity index (χ2n) is 6.66. The third-order valence-corrected chi connectivity index (χ3v) is 4.32. The number of anilines is 1. The Morgan fingerprint density at radius 1 is 1.11 bits per heavy atom. The van der Waals surface area contributed by atoms with E-state index in [0.29, 0.717) is 23.4 Å². The zero-order chi connectivity index (χ0) is 19.9. The predicted molar refractivity (Wildman–Crippen MR) is 111 cm³/mol. The van der Waals surface area contributed by atoms with Crippen LogP contribution in [0.2, 0.25) is 0 Å². The third-order valence-electron chi connectivity index (χ3n) is 4.32. The molecule has 0 bridgehead atoms. The van der Waals surface area contributed by atoms with Crippen molar-refractivity contribution in [1.82, 2.24) is 14.9 Å². The monoisotopic (exact) mass is 373 g/mol. The molecule has 3 rings (SSSR count). The van der Waals surface area contributed by atoms with E-state index in [9.17, 15) is 5.26 Å². The van der Waals surface area contributed by atoms with Gasteiger partial charge >= 0.3 is 0 Å². The molecule has 0 atom stereocenters. The number of benzene rings is 1. The molecular weight excluding hydrogens is 350 g/mol. The number of para-hydroxylation sites is 1. The maximum Gasteiger partial charge on any atom is 0.142 e. The number of ether oxygens (including phenoxy) is 1. The number of aromatic nitrogens is 2. The number of nitrogens with two attached hydrogens (primary N) is 1. The molecule has 0 radical (unpaired) electrons. The Hall–Kier alpha value is -3.43. The molecule has 2 N–H and O–H groups in total. The molecule has 0 spiro atoms. The summed E-state index contributed by atoms with van der Waals surface area (Å²) in [6.07, 6.45) is 4.31. The van der Waals surface area contributed by atoms with Crippen LogP contribution in [0.15, 0.2) is 54.9 Å². The molecular formula is C22H23N5O. The largest absolute Gasteiger partial charge is 0.493 e. The van der Waals surface area contributed by atoms with Gasteiger partial charge in [-0.1, -0.05) is 18.2 Å². The molecule has 28 heavy (non-hydrogen) atoms. The number of nitriles is 1. The number of rotatable bonds is 7. The van der Waals surface area contributed by atoms with Crippen LogP contribution >= 0.6 is 0 Å². The summed E-state index contributed by atoms with van der Waals surface area (Å²) in [4.78, 5) is 10.6. The molecule has 1 aromatic carbocycles. The van der Waals surface area contributed by atoms with Crippen LogP contribution < -0.4 is 10.5 Å². The summed E-state index contributed by atoms with van der Waals surface area (Å²) < 4.78 is 6.02. The van der Waals surface area contributed by atoms with E-state index in [4.69, 9.17) is 10.5 Å². The summed E-state index contributed by atoms with van der Waals surface area (Å²) in [6, 6.07) is 15.5. The Bertz CT molecular complexity index is 980. The van der Waals surface area contributed by atoms with E-state index in [1.54, 1.807) is 12.4 Å². The average molecular weight is 373 g/mol. The Morgan fingerprint density at radius 2 is 1.86 bits per heavy atom. The Labute approximate surface area is 165 Å². The maximum atomic E-state index is 9.66. The summed E-state index contributed by atoms with van der Waals surface area (Å²) in [5, 5.41) is 9.66. The number of nitrogen functional groups attached to an aromatic ring is 1. The fourth-order valence-electron chi connectivity index (χ4n) is 2.94. The quantitative estimate of drug-likeness (QED) is 0.637. The highest BCUT2D eigenvalue weighted by Crippen LogP contribution is 2.36. The van der Waals surface area contributed by atoms with Gasteiger partial charge in [0.25, 0.3) is 0 Å². The molecule has 0 aliphatic rings. The molecule has 0 unspecified atom stereocenters. The summed E-state index contributed by atoms with van der Waals surface area (Å²) in [5.41, 5.74) is 9.58. The van der Waals surface area contributed by atoms with Crippen molar-refractivity contribution in [3.8, 4) is 34.2 Å². The zero-order valence-electron chi connectivity index (χ0n) is 16.1.